The lowest BCUT2D eigenvalue weighted by molar-refractivity contribution is 0.102. The van der Waals surface area contributed by atoms with Crippen LogP contribution in [0.1, 0.15) is 15.9 Å². The Labute approximate surface area is 145 Å². The van der Waals surface area contributed by atoms with Crippen molar-refractivity contribution in [3.05, 3.63) is 72.1 Å². The summed E-state index contributed by atoms with van der Waals surface area (Å²) in [5.74, 6) is 1.19. The predicted molar refractivity (Wildman–Crippen MR) is 93.2 cm³/mol. The highest BCUT2D eigenvalue weighted by atomic mass is 16.6. The second-order valence-electron chi connectivity index (χ2n) is 5.71. The SMILES string of the molecule is O=C(Nc1ccc2c(c1)OCCO2)c1ccc(Cn2cccn2)cc1. The number of carbonyl (C=O) groups is 1. The minimum atomic E-state index is -0.165. The van der Waals surface area contributed by atoms with Crippen molar-refractivity contribution in [2.75, 3.05) is 18.5 Å². The minimum Gasteiger partial charge on any atom is -0.486 e. The molecule has 1 aromatic heterocycles. The van der Waals surface area contributed by atoms with Gasteiger partial charge in [0.2, 0.25) is 0 Å². The molecule has 2 heterocycles. The average molecular weight is 335 g/mol. The summed E-state index contributed by atoms with van der Waals surface area (Å²) in [4.78, 5) is 12.4. The van der Waals surface area contributed by atoms with E-state index >= 15 is 0 Å². The molecule has 0 saturated carbocycles. The fourth-order valence-corrected chi connectivity index (χ4v) is 2.67. The van der Waals surface area contributed by atoms with Gasteiger partial charge in [-0.3, -0.25) is 9.48 Å². The molecule has 126 valence electrons. The van der Waals surface area contributed by atoms with Crippen LogP contribution in [0.25, 0.3) is 0 Å². The number of ether oxygens (including phenoxy) is 2. The number of benzene rings is 2. The summed E-state index contributed by atoms with van der Waals surface area (Å²) in [6.45, 7) is 1.74. The highest BCUT2D eigenvalue weighted by Crippen LogP contribution is 2.32. The predicted octanol–water partition coefficient (Wildman–Crippen LogP) is 2.95. The number of rotatable bonds is 4. The van der Waals surface area contributed by atoms with E-state index in [4.69, 9.17) is 9.47 Å². The summed E-state index contributed by atoms with van der Waals surface area (Å²) in [5.41, 5.74) is 2.36. The van der Waals surface area contributed by atoms with Crippen molar-refractivity contribution >= 4 is 11.6 Å². The Morgan fingerprint density at radius 2 is 1.88 bits per heavy atom. The van der Waals surface area contributed by atoms with Crippen LogP contribution in [0.5, 0.6) is 11.5 Å². The van der Waals surface area contributed by atoms with Crippen molar-refractivity contribution in [1.29, 1.82) is 0 Å². The third-order valence-corrected chi connectivity index (χ3v) is 3.92. The second-order valence-corrected chi connectivity index (χ2v) is 5.71. The van der Waals surface area contributed by atoms with Crippen LogP contribution in [0.3, 0.4) is 0 Å². The Morgan fingerprint density at radius 1 is 1.08 bits per heavy atom. The van der Waals surface area contributed by atoms with Crippen LogP contribution in [0, 0.1) is 0 Å². The Bertz CT molecular complexity index is 873. The molecule has 0 bridgehead atoms. The molecule has 0 atom stereocenters. The molecule has 1 amide bonds. The summed E-state index contributed by atoms with van der Waals surface area (Å²) in [6.07, 6.45) is 3.65. The number of nitrogens with zero attached hydrogens (tertiary/aromatic N) is 2. The standard InChI is InChI=1S/C19H17N3O3/c23-19(21-16-6-7-17-18(12-16)25-11-10-24-17)15-4-2-14(3-5-15)13-22-9-1-8-20-22/h1-9,12H,10-11,13H2,(H,21,23). The van der Waals surface area contributed by atoms with E-state index in [1.165, 1.54) is 0 Å². The fourth-order valence-electron chi connectivity index (χ4n) is 2.67. The molecule has 3 aromatic rings. The number of carbonyl (C=O) groups excluding carboxylic acids is 1. The molecule has 0 radical (unpaired) electrons. The van der Waals surface area contributed by atoms with Gasteiger partial charge in [0.05, 0.1) is 6.54 Å². The van der Waals surface area contributed by atoms with Crippen LogP contribution in [-0.4, -0.2) is 28.9 Å². The molecule has 0 saturated heterocycles. The summed E-state index contributed by atoms with van der Waals surface area (Å²) >= 11 is 0. The first kappa shape index (κ1) is 15.3. The number of nitrogens with one attached hydrogen (secondary N) is 1. The van der Waals surface area contributed by atoms with Crippen molar-refractivity contribution in [1.82, 2.24) is 9.78 Å². The van der Waals surface area contributed by atoms with E-state index in [1.807, 2.05) is 41.2 Å². The van der Waals surface area contributed by atoms with E-state index in [9.17, 15) is 4.79 Å². The maximum Gasteiger partial charge on any atom is 0.255 e. The maximum atomic E-state index is 12.4. The zero-order valence-electron chi connectivity index (χ0n) is 13.5. The van der Waals surface area contributed by atoms with Crippen molar-refractivity contribution in [3.63, 3.8) is 0 Å². The van der Waals surface area contributed by atoms with Gasteiger partial charge in [-0.25, -0.2) is 0 Å². The zero-order valence-corrected chi connectivity index (χ0v) is 13.5. The summed E-state index contributed by atoms with van der Waals surface area (Å²) in [6, 6.07) is 14.8. The third kappa shape index (κ3) is 3.47. The van der Waals surface area contributed by atoms with Gasteiger partial charge in [0, 0.05) is 29.7 Å². The largest absolute Gasteiger partial charge is 0.486 e. The Balaban J connectivity index is 1.44. The lowest BCUT2D eigenvalue weighted by Gasteiger charge is -2.19. The molecular formula is C19H17N3O3. The van der Waals surface area contributed by atoms with Crippen LogP contribution < -0.4 is 14.8 Å². The van der Waals surface area contributed by atoms with Crippen molar-refractivity contribution in [3.8, 4) is 11.5 Å². The van der Waals surface area contributed by atoms with Gasteiger partial charge in [-0.05, 0) is 35.9 Å². The Morgan fingerprint density at radius 3 is 2.64 bits per heavy atom. The number of anilines is 1. The molecule has 0 fully saturated rings. The minimum absolute atomic E-state index is 0.165. The molecule has 0 spiro atoms. The van der Waals surface area contributed by atoms with Gasteiger partial charge in [0.1, 0.15) is 13.2 Å². The normalized spacial score (nSPS) is 12.6. The molecule has 0 aliphatic carbocycles. The lowest BCUT2D eigenvalue weighted by Crippen LogP contribution is -2.16. The van der Waals surface area contributed by atoms with Gasteiger partial charge >= 0.3 is 0 Å². The van der Waals surface area contributed by atoms with Crippen LogP contribution in [0.15, 0.2) is 60.9 Å². The molecule has 2 aromatic carbocycles. The number of fused-ring (bicyclic) bond motifs is 1. The van der Waals surface area contributed by atoms with Gasteiger partial charge in [0.15, 0.2) is 11.5 Å². The summed E-state index contributed by atoms with van der Waals surface area (Å²) in [7, 11) is 0. The van der Waals surface area contributed by atoms with Gasteiger partial charge in [0.25, 0.3) is 5.91 Å². The average Bonchev–Trinajstić information content (AvgIpc) is 3.15. The molecule has 25 heavy (non-hydrogen) atoms. The van der Waals surface area contributed by atoms with Crippen LogP contribution >= 0.6 is 0 Å². The van der Waals surface area contributed by atoms with E-state index in [0.717, 1.165) is 5.56 Å². The molecule has 0 unspecified atom stereocenters. The molecule has 6 heteroatoms. The quantitative estimate of drug-likeness (QED) is 0.796. The molecule has 1 aliphatic rings. The van der Waals surface area contributed by atoms with Crippen LogP contribution in [0.4, 0.5) is 5.69 Å². The van der Waals surface area contributed by atoms with Crippen LogP contribution in [-0.2, 0) is 6.54 Å². The number of aromatic nitrogens is 2. The van der Waals surface area contributed by atoms with Gasteiger partial charge < -0.3 is 14.8 Å². The topological polar surface area (TPSA) is 65.4 Å². The first-order chi connectivity index (χ1) is 12.3. The molecular weight excluding hydrogens is 318 g/mol. The zero-order chi connectivity index (χ0) is 17.1. The fraction of sp³-hybridized carbons (Fsp3) is 0.158. The smallest absolute Gasteiger partial charge is 0.255 e. The van der Waals surface area contributed by atoms with E-state index in [1.54, 1.807) is 24.4 Å². The number of hydrogen-bond donors (Lipinski definition) is 1. The Hall–Kier alpha value is -3.28. The first-order valence-electron chi connectivity index (χ1n) is 8.05. The third-order valence-electron chi connectivity index (χ3n) is 3.92. The first-order valence-corrected chi connectivity index (χ1v) is 8.05. The van der Waals surface area contributed by atoms with E-state index in [2.05, 4.69) is 10.4 Å². The summed E-state index contributed by atoms with van der Waals surface area (Å²) < 4.78 is 12.8. The van der Waals surface area contributed by atoms with Gasteiger partial charge in [-0.2, -0.15) is 5.10 Å². The van der Waals surface area contributed by atoms with Gasteiger partial charge in [-0.15, -0.1) is 0 Å². The highest BCUT2D eigenvalue weighted by molar-refractivity contribution is 6.04. The van der Waals surface area contributed by atoms with Crippen molar-refractivity contribution < 1.29 is 14.3 Å². The van der Waals surface area contributed by atoms with E-state index in [-0.39, 0.29) is 5.91 Å². The van der Waals surface area contributed by atoms with Gasteiger partial charge in [-0.1, -0.05) is 12.1 Å². The van der Waals surface area contributed by atoms with Crippen LogP contribution in [0.2, 0.25) is 0 Å². The molecule has 1 N–H and O–H groups in total. The highest BCUT2D eigenvalue weighted by Gasteiger charge is 2.13. The monoisotopic (exact) mass is 335 g/mol. The van der Waals surface area contributed by atoms with E-state index in [0.29, 0.717) is 42.5 Å². The van der Waals surface area contributed by atoms with E-state index < -0.39 is 0 Å². The number of hydrogen-bond acceptors (Lipinski definition) is 4. The molecule has 6 nitrogen and oxygen atoms in total. The second kappa shape index (κ2) is 6.68. The lowest BCUT2D eigenvalue weighted by atomic mass is 10.1. The maximum absolute atomic E-state index is 12.4. The molecule has 1 aliphatic heterocycles. The summed E-state index contributed by atoms with van der Waals surface area (Å²) in [5, 5.41) is 7.06. The Kier molecular flexibility index (Phi) is 4.08. The van der Waals surface area contributed by atoms with Crippen molar-refractivity contribution in [2.24, 2.45) is 0 Å². The van der Waals surface area contributed by atoms with Crippen molar-refractivity contribution in [2.45, 2.75) is 6.54 Å². The molecule has 4 rings (SSSR count). The number of amides is 1.